The number of rotatable bonds is 23. The molecule has 4 heteroatoms. The molecule has 0 aromatic carbocycles. The fourth-order valence-electron chi connectivity index (χ4n) is 4.74. The van der Waals surface area contributed by atoms with Crippen LogP contribution in [0.3, 0.4) is 0 Å². The monoisotopic (exact) mass is 456 g/mol. The topological polar surface area (TPSA) is 36.9 Å². The molecule has 0 aliphatic carbocycles. The van der Waals surface area contributed by atoms with Crippen LogP contribution in [0, 0.1) is 5.92 Å². The van der Waals surface area contributed by atoms with Crippen molar-refractivity contribution in [2.75, 3.05) is 26.9 Å². The molecule has 2 atom stereocenters. The third-order valence-corrected chi connectivity index (χ3v) is 6.53. The first-order chi connectivity index (χ1) is 15.5. The molecule has 0 rings (SSSR count). The van der Waals surface area contributed by atoms with Crippen LogP contribution >= 0.6 is 0 Å². The number of hydrogen-bond acceptors (Lipinski definition) is 4. The van der Waals surface area contributed by atoms with Crippen molar-refractivity contribution in [3.63, 3.8) is 0 Å². The predicted molar refractivity (Wildman–Crippen MR) is 137 cm³/mol. The lowest BCUT2D eigenvalue weighted by Crippen LogP contribution is -2.61. The predicted octanol–water partition coefficient (Wildman–Crippen LogP) is 8.44. The molecule has 0 saturated carbocycles. The Morgan fingerprint density at radius 3 is 1.62 bits per heavy atom. The minimum absolute atomic E-state index is 0.531. The van der Waals surface area contributed by atoms with E-state index in [4.69, 9.17) is 18.9 Å². The molecule has 192 valence electrons. The first kappa shape index (κ1) is 31.6. The molecular formula is C28H56O4. The highest BCUT2D eigenvalue weighted by Gasteiger charge is 2.55. The van der Waals surface area contributed by atoms with Crippen LogP contribution < -0.4 is 0 Å². The molecule has 0 aromatic rings. The highest BCUT2D eigenvalue weighted by atomic mass is 16.9. The molecule has 0 aliphatic rings. The molecule has 0 aliphatic heterocycles. The second-order valence-corrected chi connectivity index (χ2v) is 8.86. The van der Waals surface area contributed by atoms with Gasteiger partial charge in [0.1, 0.15) is 5.60 Å². The van der Waals surface area contributed by atoms with Crippen LogP contribution in [0.15, 0.2) is 12.2 Å². The van der Waals surface area contributed by atoms with Crippen LogP contribution in [0.1, 0.15) is 125 Å². The molecule has 0 aromatic heterocycles. The van der Waals surface area contributed by atoms with E-state index in [0.717, 1.165) is 25.7 Å². The van der Waals surface area contributed by atoms with Crippen molar-refractivity contribution in [2.24, 2.45) is 5.92 Å². The van der Waals surface area contributed by atoms with Crippen molar-refractivity contribution in [1.82, 2.24) is 0 Å². The summed E-state index contributed by atoms with van der Waals surface area (Å²) < 4.78 is 25.0. The molecule has 0 N–H and O–H groups in total. The summed E-state index contributed by atoms with van der Waals surface area (Å²) in [5.74, 6) is -0.440. The van der Waals surface area contributed by atoms with Gasteiger partial charge in [-0.2, -0.15) is 0 Å². The van der Waals surface area contributed by atoms with Crippen LogP contribution in [0.5, 0.6) is 0 Å². The zero-order valence-corrected chi connectivity index (χ0v) is 22.7. The quantitative estimate of drug-likeness (QED) is 0.0878. The second kappa shape index (κ2) is 20.0. The summed E-state index contributed by atoms with van der Waals surface area (Å²) in [6.45, 7) is 14.3. The molecule has 0 heterocycles. The van der Waals surface area contributed by atoms with Crippen LogP contribution in [0.4, 0.5) is 0 Å². The number of methoxy groups -OCH3 is 1. The van der Waals surface area contributed by atoms with Gasteiger partial charge in [-0.3, -0.25) is 0 Å². The van der Waals surface area contributed by atoms with E-state index in [1.165, 1.54) is 57.8 Å². The Hall–Kier alpha value is -0.420. The van der Waals surface area contributed by atoms with Gasteiger partial charge < -0.3 is 18.9 Å². The van der Waals surface area contributed by atoms with Gasteiger partial charge in [0.25, 0.3) is 0 Å². The van der Waals surface area contributed by atoms with Crippen LogP contribution in [0.25, 0.3) is 0 Å². The number of hydrogen-bond donors (Lipinski definition) is 0. The van der Waals surface area contributed by atoms with Crippen molar-refractivity contribution in [1.29, 1.82) is 0 Å². The SMILES string of the molecule is CC=CC(CC)CCCCCC(CCCCCCCC)(OC)C(OCC)(OCC)OCC. The van der Waals surface area contributed by atoms with Crippen molar-refractivity contribution in [3.8, 4) is 0 Å². The summed E-state index contributed by atoms with van der Waals surface area (Å²) in [7, 11) is 1.81. The summed E-state index contributed by atoms with van der Waals surface area (Å²) >= 11 is 0. The van der Waals surface area contributed by atoms with E-state index in [1.807, 2.05) is 27.9 Å². The van der Waals surface area contributed by atoms with E-state index >= 15 is 0 Å². The van der Waals surface area contributed by atoms with Crippen molar-refractivity contribution in [2.45, 2.75) is 137 Å². The Labute approximate surface area is 200 Å². The normalized spacial score (nSPS) is 15.3. The van der Waals surface area contributed by atoms with Gasteiger partial charge >= 0.3 is 5.97 Å². The number of unbranched alkanes of at least 4 members (excludes halogenated alkanes) is 7. The summed E-state index contributed by atoms with van der Waals surface area (Å²) in [6, 6.07) is 0. The highest BCUT2D eigenvalue weighted by molar-refractivity contribution is 4.92. The maximum Gasteiger partial charge on any atom is 0.313 e. The number of ether oxygens (including phenoxy) is 4. The fraction of sp³-hybridized carbons (Fsp3) is 0.929. The smallest absolute Gasteiger partial charge is 0.313 e. The van der Waals surface area contributed by atoms with E-state index in [-0.39, 0.29) is 0 Å². The maximum absolute atomic E-state index is 6.29. The minimum atomic E-state index is -1.14. The van der Waals surface area contributed by atoms with Gasteiger partial charge in [0, 0.05) is 26.9 Å². The molecule has 2 unspecified atom stereocenters. The molecule has 32 heavy (non-hydrogen) atoms. The Bertz CT molecular complexity index is 420. The van der Waals surface area contributed by atoms with E-state index in [2.05, 4.69) is 32.9 Å². The van der Waals surface area contributed by atoms with Crippen molar-refractivity contribution < 1.29 is 18.9 Å². The molecule has 4 nitrogen and oxygen atoms in total. The Balaban J connectivity index is 5.30. The third-order valence-electron chi connectivity index (χ3n) is 6.53. The molecule has 0 radical (unpaired) electrons. The zero-order chi connectivity index (χ0) is 24.1. The van der Waals surface area contributed by atoms with Gasteiger partial charge in [0.15, 0.2) is 0 Å². The van der Waals surface area contributed by atoms with Gasteiger partial charge in [0.2, 0.25) is 0 Å². The van der Waals surface area contributed by atoms with E-state index in [9.17, 15) is 0 Å². The standard InChI is InChI=1S/C28H56O4/c1-8-14-15-16-17-20-24-27(29-7,28(30-11-4,31-12-5)32-13-6)25-21-18-19-23-26(10-3)22-9-2/h9,22,26H,8,10-21,23-25H2,1-7H3. The Kier molecular flexibility index (Phi) is 19.7. The molecule has 0 fully saturated rings. The molecular weight excluding hydrogens is 400 g/mol. The van der Waals surface area contributed by atoms with Gasteiger partial charge in [-0.1, -0.05) is 83.8 Å². The first-order valence-electron chi connectivity index (χ1n) is 13.6. The van der Waals surface area contributed by atoms with Crippen molar-refractivity contribution >= 4 is 0 Å². The van der Waals surface area contributed by atoms with E-state index in [1.54, 1.807) is 0 Å². The summed E-state index contributed by atoms with van der Waals surface area (Å²) in [5, 5.41) is 0. The van der Waals surface area contributed by atoms with Crippen molar-refractivity contribution in [3.05, 3.63) is 12.2 Å². The first-order valence-corrected chi connectivity index (χ1v) is 13.6. The van der Waals surface area contributed by atoms with Crippen LogP contribution in [0.2, 0.25) is 0 Å². The second-order valence-electron chi connectivity index (χ2n) is 8.86. The largest absolute Gasteiger partial charge is 0.370 e. The molecule has 0 amide bonds. The third kappa shape index (κ3) is 11.1. The maximum atomic E-state index is 6.29. The van der Waals surface area contributed by atoms with Gasteiger partial charge in [0.05, 0.1) is 0 Å². The average Bonchev–Trinajstić information content (AvgIpc) is 2.79. The zero-order valence-electron chi connectivity index (χ0n) is 22.7. The Morgan fingerprint density at radius 2 is 1.19 bits per heavy atom. The van der Waals surface area contributed by atoms with Gasteiger partial charge in [-0.05, 0) is 59.3 Å². The van der Waals surface area contributed by atoms with E-state index < -0.39 is 11.6 Å². The average molecular weight is 457 g/mol. The lowest BCUT2D eigenvalue weighted by Gasteiger charge is -2.47. The summed E-state index contributed by atoms with van der Waals surface area (Å²) in [4.78, 5) is 0. The highest BCUT2D eigenvalue weighted by Crippen LogP contribution is 2.41. The summed E-state index contributed by atoms with van der Waals surface area (Å²) in [6.07, 6.45) is 19.8. The Morgan fingerprint density at radius 1 is 0.688 bits per heavy atom. The van der Waals surface area contributed by atoms with Gasteiger partial charge in [-0.25, -0.2) is 0 Å². The van der Waals surface area contributed by atoms with E-state index in [0.29, 0.717) is 25.7 Å². The lowest BCUT2D eigenvalue weighted by molar-refractivity contribution is -0.444. The molecule has 0 bridgehead atoms. The number of allylic oxidation sites excluding steroid dienone is 2. The van der Waals surface area contributed by atoms with Gasteiger partial charge in [-0.15, -0.1) is 0 Å². The molecule has 0 spiro atoms. The van der Waals surface area contributed by atoms with Crippen LogP contribution in [-0.4, -0.2) is 38.5 Å². The summed E-state index contributed by atoms with van der Waals surface area (Å²) in [5.41, 5.74) is -0.590. The lowest BCUT2D eigenvalue weighted by atomic mass is 9.86. The minimum Gasteiger partial charge on any atom is -0.370 e. The van der Waals surface area contributed by atoms with Crippen LogP contribution in [-0.2, 0) is 18.9 Å². The fourth-order valence-corrected chi connectivity index (χ4v) is 4.74. The molecule has 0 saturated heterocycles.